The van der Waals surface area contributed by atoms with Gasteiger partial charge in [0.2, 0.25) is 5.91 Å². The number of carbonyl (C=O) groups excluding carboxylic acids is 2. The highest BCUT2D eigenvalue weighted by Gasteiger charge is 2.25. The van der Waals surface area contributed by atoms with Crippen LogP contribution < -0.4 is 10.1 Å². The van der Waals surface area contributed by atoms with Gasteiger partial charge in [0.25, 0.3) is 5.69 Å². The van der Waals surface area contributed by atoms with E-state index >= 15 is 0 Å². The number of ketones is 1. The molecule has 1 N–H and O–H groups in total. The number of non-ortho nitro benzene ring substituents is 1. The van der Waals surface area contributed by atoms with Crippen molar-refractivity contribution in [2.45, 2.75) is 6.92 Å². The Balaban J connectivity index is 2.13. The summed E-state index contributed by atoms with van der Waals surface area (Å²) in [6, 6.07) is 14.0. The molecule has 0 fully saturated rings. The summed E-state index contributed by atoms with van der Waals surface area (Å²) in [5.74, 6) is -2.66. The molecule has 28 heavy (non-hydrogen) atoms. The van der Waals surface area contributed by atoms with Crippen LogP contribution in [0.15, 0.2) is 54.6 Å². The highest BCUT2D eigenvalue weighted by molar-refractivity contribution is 6.14. The van der Waals surface area contributed by atoms with Crippen LogP contribution in [0, 0.1) is 27.4 Å². The molecule has 8 nitrogen and oxygen atoms in total. The largest absolute Gasteiger partial charge is 0.492 e. The summed E-state index contributed by atoms with van der Waals surface area (Å²) in [4.78, 5) is 34.9. The van der Waals surface area contributed by atoms with Crippen molar-refractivity contribution >= 4 is 29.1 Å². The second-order valence-corrected chi connectivity index (χ2v) is 5.57. The Bertz CT molecular complexity index is 962. The van der Waals surface area contributed by atoms with Gasteiger partial charge in [0, 0.05) is 12.1 Å². The highest BCUT2D eigenvalue weighted by Crippen LogP contribution is 2.24. The van der Waals surface area contributed by atoms with Gasteiger partial charge in [-0.25, -0.2) is 0 Å². The Kier molecular flexibility index (Phi) is 6.99. The molecule has 0 aliphatic rings. The number of anilines is 1. The van der Waals surface area contributed by atoms with Gasteiger partial charge in [0.1, 0.15) is 5.75 Å². The molecule has 1 unspecified atom stereocenters. The number of allylic oxidation sites excluding steroid dienone is 1. The van der Waals surface area contributed by atoms with Crippen LogP contribution in [0.4, 0.5) is 11.4 Å². The van der Waals surface area contributed by atoms with Crippen molar-refractivity contribution in [2.75, 3.05) is 11.9 Å². The number of nitro groups is 1. The lowest BCUT2D eigenvalue weighted by Crippen LogP contribution is -2.27. The average Bonchev–Trinajstić information content (AvgIpc) is 2.69. The Morgan fingerprint density at radius 1 is 1.29 bits per heavy atom. The number of hydrogen-bond donors (Lipinski definition) is 1. The van der Waals surface area contributed by atoms with Gasteiger partial charge in [0.15, 0.2) is 11.7 Å². The Morgan fingerprint density at radius 2 is 2.04 bits per heavy atom. The number of nitrogens with zero attached hydrogens (tertiary/aromatic N) is 2. The van der Waals surface area contributed by atoms with Gasteiger partial charge in [-0.05, 0) is 30.7 Å². The van der Waals surface area contributed by atoms with E-state index < -0.39 is 22.5 Å². The molecule has 142 valence electrons. The minimum atomic E-state index is -1.57. The molecule has 2 aromatic carbocycles. The van der Waals surface area contributed by atoms with E-state index in [-0.39, 0.29) is 5.69 Å². The average molecular weight is 379 g/mol. The number of para-hydroxylation sites is 2. The van der Waals surface area contributed by atoms with Crippen molar-refractivity contribution in [3.8, 4) is 11.8 Å². The molecule has 1 atom stereocenters. The minimum absolute atomic E-state index is 0.128. The van der Waals surface area contributed by atoms with Gasteiger partial charge in [-0.1, -0.05) is 30.3 Å². The van der Waals surface area contributed by atoms with Gasteiger partial charge in [-0.15, -0.1) is 0 Å². The summed E-state index contributed by atoms with van der Waals surface area (Å²) in [6.45, 7) is 2.18. The van der Waals surface area contributed by atoms with Gasteiger partial charge >= 0.3 is 0 Å². The van der Waals surface area contributed by atoms with Crippen LogP contribution >= 0.6 is 0 Å². The maximum atomic E-state index is 12.4. The van der Waals surface area contributed by atoms with Crippen molar-refractivity contribution < 1.29 is 19.2 Å². The quantitative estimate of drug-likeness (QED) is 0.325. The maximum absolute atomic E-state index is 12.4. The highest BCUT2D eigenvalue weighted by atomic mass is 16.6. The third-order valence-corrected chi connectivity index (χ3v) is 3.64. The molecule has 2 rings (SSSR count). The van der Waals surface area contributed by atoms with Crippen LogP contribution in [0.3, 0.4) is 0 Å². The number of nitriles is 1. The Hall–Kier alpha value is -3.99. The lowest BCUT2D eigenvalue weighted by molar-refractivity contribution is -0.384. The zero-order chi connectivity index (χ0) is 20.5. The second-order valence-electron chi connectivity index (χ2n) is 5.57. The number of benzene rings is 2. The Morgan fingerprint density at radius 3 is 2.71 bits per heavy atom. The fraction of sp³-hybridized carbons (Fsp3) is 0.150. The first-order valence-electron chi connectivity index (χ1n) is 8.35. The zero-order valence-electron chi connectivity index (χ0n) is 15.0. The molecule has 0 bridgehead atoms. The van der Waals surface area contributed by atoms with E-state index in [4.69, 9.17) is 4.74 Å². The first-order chi connectivity index (χ1) is 13.5. The molecule has 0 saturated carbocycles. The summed E-state index contributed by atoms with van der Waals surface area (Å²) in [5.41, 5.74) is 0.628. The predicted molar refractivity (Wildman–Crippen MR) is 102 cm³/mol. The van der Waals surface area contributed by atoms with Crippen molar-refractivity contribution in [2.24, 2.45) is 5.92 Å². The predicted octanol–water partition coefficient (Wildman–Crippen LogP) is 3.35. The van der Waals surface area contributed by atoms with Gasteiger partial charge in [0.05, 0.1) is 23.3 Å². The molecule has 1 amide bonds. The van der Waals surface area contributed by atoms with E-state index in [0.29, 0.717) is 23.6 Å². The first-order valence-corrected chi connectivity index (χ1v) is 8.35. The van der Waals surface area contributed by atoms with Gasteiger partial charge < -0.3 is 10.1 Å². The number of amides is 1. The normalized spacial score (nSPS) is 11.4. The number of nitro benzene ring substituents is 1. The first kappa shape index (κ1) is 20.3. The monoisotopic (exact) mass is 379 g/mol. The molecule has 0 aliphatic heterocycles. The lowest BCUT2D eigenvalue weighted by Gasteiger charge is -2.12. The van der Waals surface area contributed by atoms with Crippen LogP contribution in [0.1, 0.15) is 12.5 Å². The third kappa shape index (κ3) is 5.25. The van der Waals surface area contributed by atoms with Crippen molar-refractivity contribution in [1.29, 1.82) is 5.26 Å². The summed E-state index contributed by atoms with van der Waals surface area (Å²) in [5, 5.41) is 22.6. The molecular formula is C20H17N3O5. The summed E-state index contributed by atoms with van der Waals surface area (Å²) in [6.07, 6.45) is 2.38. The molecule has 0 aromatic heterocycles. The molecule has 0 heterocycles. The topological polar surface area (TPSA) is 122 Å². The van der Waals surface area contributed by atoms with E-state index in [9.17, 15) is 25.0 Å². The van der Waals surface area contributed by atoms with Gasteiger partial charge in [-0.2, -0.15) is 5.26 Å². The molecule has 0 aliphatic carbocycles. The fourth-order valence-electron chi connectivity index (χ4n) is 2.32. The van der Waals surface area contributed by atoms with Crippen LogP contribution in [-0.4, -0.2) is 23.2 Å². The van der Waals surface area contributed by atoms with Gasteiger partial charge in [-0.3, -0.25) is 19.7 Å². The number of hydrogen-bond acceptors (Lipinski definition) is 6. The Labute approximate surface area is 161 Å². The smallest absolute Gasteiger partial charge is 0.270 e. The van der Waals surface area contributed by atoms with Crippen LogP contribution in [0.2, 0.25) is 0 Å². The number of rotatable bonds is 8. The van der Waals surface area contributed by atoms with Crippen molar-refractivity contribution in [3.63, 3.8) is 0 Å². The zero-order valence-corrected chi connectivity index (χ0v) is 15.0. The number of carbonyl (C=O) groups is 2. The third-order valence-electron chi connectivity index (χ3n) is 3.64. The van der Waals surface area contributed by atoms with E-state index in [1.165, 1.54) is 24.3 Å². The summed E-state index contributed by atoms with van der Waals surface area (Å²) >= 11 is 0. The molecule has 2 aromatic rings. The van der Waals surface area contributed by atoms with E-state index in [2.05, 4.69) is 5.32 Å². The molecule has 0 radical (unpaired) electrons. The van der Waals surface area contributed by atoms with Crippen molar-refractivity contribution in [3.05, 3.63) is 70.3 Å². The van der Waals surface area contributed by atoms with E-state index in [1.807, 2.05) is 0 Å². The minimum Gasteiger partial charge on any atom is -0.492 e. The SMILES string of the molecule is CCOc1ccccc1NC(=O)C(C#N)C(=O)/C=C/c1cccc([N+](=O)[O-])c1. The maximum Gasteiger partial charge on any atom is 0.270 e. The molecular weight excluding hydrogens is 362 g/mol. The number of nitrogens with one attached hydrogen (secondary N) is 1. The van der Waals surface area contributed by atoms with E-state index in [0.717, 1.165) is 6.08 Å². The number of ether oxygens (including phenoxy) is 1. The fourth-order valence-corrected chi connectivity index (χ4v) is 2.32. The molecule has 0 spiro atoms. The summed E-state index contributed by atoms with van der Waals surface area (Å²) < 4.78 is 5.40. The van der Waals surface area contributed by atoms with E-state index in [1.54, 1.807) is 43.3 Å². The molecule has 0 saturated heterocycles. The van der Waals surface area contributed by atoms with Crippen LogP contribution in [0.25, 0.3) is 6.08 Å². The molecule has 8 heteroatoms. The van der Waals surface area contributed by atoms with Crippen LogP contribution in [0.5, 0.6) is 5.75 Å². The van der Waals surface area contributed by atoms with Crippen molar-refractivity contribution in [1.82, 2.24) is 0 Å². The second kappa shape index (κ2) is 9.64. The van der Waals surface area contributed by atoms with Crippen LogP contribution in [-0.2, 0) is 9.59 Å². The lowest BCUT2D eigenvalue weighted by atomic mass is 10.0. The summed E-state index contributed by atoms with van der Waals surface area (Å²) in [7, 11) is 0. The standard InChI is InChI=1S/C20H17N3O5/c1-2-28-19-9-4-3-8-17(19)22-20(25)16(13-21)18(24)11-10-14-6-5-7-15(12-14)23(26)27/h3-12,16H,2H2,1H3,(H,22,25)/b11-10+.